The van der Waals surface area contributed by atoms with Crippen LogP contribution < -0.4 is 5.73 Å². The van der Waals surface area contributed by atoms with Crippen LogP contribution in [0, 0.1) is 5.82 Å². The third kappa shape index (κ3) is 2.07. The number of pyridine rings is 1. The summed E-state index contributed by atoms with van der Waals surface area (Å²) in [7, 11) is 0. The Balaban J connectivity index is 2.49. The molecule has 0 aliphatic rings. The van der Waals surface area contributed by atoms with Crippen LogP contribution in [-0.4, -0.2) is 4.98 Å². The second-order valence-electron chi connectivity index (χ2n) is 3.10. The molecule has 4 heteroatoms. The van der Waals surface area contributed by atoms with Crippen molar-refractivity contribution >= 4 is 17.4 Å². The molecule has 2 aromatic rings. The van der Waals surface area contributed by atoms with Crippen molar-refractivity contribution in [2.45, 2.75) is 0 Å². The molecule has 2 rings (SSSR count). The maximum Gasteiger partial charge on any atom is 0.124 e. The summed E-state index contributed by atoms with van der Waals surface area (Å²) in [4.78, 5) is 3.94. The number of benzene rings is 1. The number of halogens is 2. The molecule has 0 bridgehead atoms. The third-order valence-corrected chi connectivity index (χ3v) is 2.34. The van der Waals surface area contributed by atoms with Crippen LogP contribution in [0.15, 0.2) is 36.5 Å². The molecular formula is C11H8ClFN2. The molecule has 76 valence electrons. The van der Waals surface area contributed by atoms with E-state index in [9.17, 15) is 4.39 Å². The van der Waals surface area contributed by atoms with E-state index in [-0.39, 0.29) is 5.82 Å². The van der Waals surface area contributed by atoms with E-state index in [1.54, 1.807) is 24.4 Å². The summed E-state index contributed by atoms with van der Waals surface area (Å²) >= 11 is 5.99. The molecule has 2 N–H and O–H groups in total. The second-order valence-corrected chi connectivity index (χ2v) is 3.50. The van der Waals surface area contributed by atoms with E-state index >= 15 is 0 Å². The van der Waals surface area contributed by atoms with E-state index < -0.39 is 0 Å². The van der Waals surface area contributed by atoms with Gasteiger partial charge >= 0.3 is 0 Å². The Morgan fingerprint density at radius 1 is 1.20 bits per heavy atom. The predicted octanol–water partition coefficient (Wildman–Crippen LogP) is 3.12. The zero-order valence-electron chi connectivity index (χ0n) is 7.74. The van der Waals surface area contributed by atoms with Crippen LogP contribution in [0.4, 0.5) is 10.2 Å². The smallest absolute Gasteiger partial charge is 0.124 e. The van der Waals surface area contributed by atoms with Gasteiger partial charge in [0.25, 0.3) is 0 Å². The van der Waals surface area contributed by atoms with Crippen LogP contribution in [0.25, 0.3) is 11.1 Å². The molecule has 1 heterocycles. The summed E-state index contributed by atoms with van der Waals surface area (Å²) in [6.07, 6.45) is 1.57. The minimum absolute atomic E-state index is 0.279. The molecule has 0 amide bonds. The molecular weight excluding hydrogens is 215 g/mol. The van der Waals surface area contributed by atoms with Crippen LogP contribution in [-0.2, 0) is 0 Å². The van der Waals surface area contributed by atoms with Gasteiger partial charge in [-0.1, -0.05) is 23.7 Å². The molecule has 0 radical (unpaired) electrons. The quantitative estimate of drug-likeness (QED) is 0.805. The fraction of sp³-hybridized carbons (Fsp3) is 0. The zero-order valence-corrected chi connectivity index (χ0v) is 8.50. The summed E-state index contributed by atoms with van der Waals surface area (Å²) < 4.78 is 12.7. The first-order chi connectivity index (χ1) is 7.16. The molecule has 1 aromatic heterocycles. The molecule has 0 unspecified atom stereocenters. The van der Waals surface area contributed by atoms with E-state index in [2.05, 4.69) is 4.98 Å². The fourth-order valence-corrected chi connectivity index (χ4v) is 1.56. The molecule has 15 heavy (non-hydrogen) atoms. The number of aromatic nitrogens is 1. The SMILES string of the molecule is Nc1cc(Cl)c(-c2ccc(F)cc2)cn1. The normalized spacial score (nSPS) is 10.3. The lowest BCUT2D eigenvalue weighted by molar-refractivity contribution is 0.628. The summed E-state index contributed by atoms with van der Waals surface area (Å²) in [5.74, 6) is 0.0872. The van der Waals surface area contributed by atoms with Crippen LogP contribution in [0.2, 0.25) is 5.02 Å². The van der Waals surface area contributed by atoms with Gasteiger partial charge in [0.15, 0.2) is 0 Å². The van der Waals surface area contributed by atoms with Gasteiger partial charge in [0.1, 0.15) is 11.6 Å². The Kier molecular flexibility index (Phi) is 2.56. The van der Waals surface area contributed by atoms with E-state index in [4.69, 9.17) is 17.3 Å². The van der Waals surface area contributed by atoms with Gasteiger partial charge in [-0.2, -0.15) is 0 Å². The highest BCUT2D eigenvalue weighted by Crippen LogP contribution is 2.28. The monoisotopic (exact) mass is 222 g/mol. The van der Waals surface area contributed by atoms with E-state index in [1.165, 1.54) is 12.1 Å². The minimum Gasteiger partial charge on any atom is -0.384 e. The summed E-state index contributed by atoms with van der Waals surface area (Å²) in [5.41, 5.74) is 7.03. The highest BCUT2D eigenvalue weighted by atomic mass is 35.5. The highest BCUT2D eigenvalue weighted by Gasteiger charge is 2.04. The minimum atomic E-state index is -0.279. The van der Waals surface area contributed by atoms with Crippen LogP contribution in [0.3, 0.4) is 0 Å². The van der Waals surface area contributed by atoms with Gasteiger partial charge in [0.05, 0.1) is 5.02 Å². The fourth-order valence-electron chi connectivity index (χ4n) is 1.29. The molecule has 0 aliphatic heterocycles. The molecule has 0 atom stereocenters. The lowest BCUT2D eigenvalue weighted by Crippen LogP contribution is -1.90. The molecule has 0 saturated heterocycles. The first-order valence-corrected chi connectivity index (χ1v) is 4.71. The van der Waals surface area contributed by atoms with Crippen molar-refractivity contribution in [3.63, 3.8) is 0 Å². The average Bonchev–Trinajstić information content (AvgIpc) is 2.20. The topological polar surface area (TPSA) is 38.9 Å². The second kappa shape index (κ2) is 3.87. The highest BCUT2D eigenvalue weighted by molar-refractivity contribution is 6.33. The maximum atomic E-state index is 12.7. The van der Waals surface area contributed by atoms with Crippen molar-refractivity contribution in [2.75, 3.05) is 5.73 Å². The van der Waals surface area contributed by atoms with Crippen LogP contribution >= 0.6 is 11.6 Å². The van der Waals surface area contributed by atoms with E-state index in [0.29, 0.717) is 10.8 Å². The van der Waals surface area contributed by atoms with Gasteiger partial charge < -0.3 is 5.73 Å². The lowest BCUT2D eigenvalue weighted by atomic mass is 10.1. The Morgan fingerprint density at radius 2 is 1.87 bits per heavy atom. The average molecular weight is 223 g/mol. The Morgan fingerprint density at radius 3 is 2.47 bits per heavy atom. The van der Waals surface area contributed by atoms with E-state index in [0.717, 1.165) is 11.1 Å². The van der Waals surface area contributed by atoms with Crippen molar-refractivity contribution in [1.82, 2.24) is 4.98 Å². The van der Waals surface area contributed by atoms with E-state index in [1.807, 2.05) is 0 Å². The molecule has 0 aliphatic carbocycles. The van der Waals surface area contributed by atoms with Crippen molar-refractivity contribution in [3.05, 3.63) is 47.4 Å². The number of nitrogens with zero attached hydrogens (tertiary/aromatic N) is 1. The number of nitrogen functional groups attached to an aromatic ring is 1. The molecule has 0 fully saturated rings. The van der Waals surface area contributed by atoms with Crippen molar-refractivity contribution in [3.8, 4) is 11.1 Å². The number of anilines is 1. The number of nitrogens with two attached hydrogens (primary N) is 1. The zero-order chi connectivity index (χ0) is 10.8. The third-order valence-electron chi connectivity index (χ3n) is 2.03. The Labute approximate surface area is 91.5 Å². The summed E-state index contributed by atoms with van der Waals surface area (Å²) in [6, 6.07) is 7.62. The van der Waals surface area contributed by atoms with Crippen molar-refractivity contribution in [1.29, 1.82) is 0 Å². The number of rotatable bonds is 1. The Hall–Kier alpha value is -1.61. The molecule has 0 spiro atoms. The summed E-state index contributed by atoms with van der Waals surface area (Å²) in [5, 5.41) is 0.508. The lowest BCUT2D eigenvalue weighted by Gasteiger charge is -2.04. The van der Waals surface area contributed by atoms with Crippen molar-refractivity contribution < 1.29 is 4.39 Å². The molecule has 1 aromatic carbocycles. The molecule has 2 nitrogen and oxygen atoms in total. The van der Waals surface area contributed by atoms with Crippen LogP contribution in [0.5, 0.6) is 0 Å². The largest absolute Gasteiger partial charge is 0.384 e. The van der Waals surface area contributed by atoms with Gasteiger partial charge in [-0.3, -0.25) is 0 Å². The van der Waals surface area contributed by atoms with Gasteiger partial charge in [-0.15, -0.1) is 0 Å². The first kappa shape index (κ1) is 9.93. The molecule has 0 saturated carbocycles. The van der Waals surface area contributed by atoms with Gasteiger partial charge in [0, 0.05) is 11.8 Å². The standard InChI is InChI=1S/C11H8ClFN2/c12-10-5-11(14)15-6-9(10)7-1-3-8(13)4-2-7/h1-6H,(H2,14,15). The van der Waals surface area contributed by atoms with Crippen LogP contribution in [0.1, 0.15) is 0 Å². The number of hydrogen-bond acceptors (Lipinski definition) is 2. The van der Waals surface area contributed by atoms with Gasteiger partial charge in [-0.05, 0) is 23.8 Å². The first-order valence-electron chi connectivity index (χ1n) is 4.34. The van der Waals surface area contributed by atoms with Gasteiger partial charge in [-0.25, -0.2) is 9.37 Å². The summed E-state index contributed by atoms with van der Waals surface area (Å²) in [6.45, 7) is 0. The number of hydrogen-bond donors (Lipinski definition) is 1. The van der Waals surface area contributed by atoms with Crippen molar-refractivity contribution in [2.24, 2.45) is 0 Å². The maximum absolute atomic E-state index is 12.7. The predicted molar refractivity (Wildman–Crippen MR) is 59.1 cm³/mol. The Bertz CT molecular complexity index is 482. The van der Waals surface area contributed by atoms with Gasteiger partial charge in [0.2, 0.25) is 0 Å².